The molecule has 1 nitrogen and oxygen atoms in total. The maximum absolute atomic E-state index is 3.62. The Morgan fingerprint density at radius 2 is 1.81 bits per heavy atom. The lowest BCUT2D eigenvalue weighted by Crippen LogP contribution is -2.21. The van der Waals surface area contributed by atoms with Gasteiger partial charge in [0.2, 0.25) is 0 Å². The van der Waals surface area contributed by atoms with Crippen molar-refractivity contribution in [2.45, 2.75) is 45.1 Å². The second-order valence-electron chi connectivity index (χ2n) is 6.02. The number of benzene rings is 2. The Morgan fingerprint density at radius 1 is 1.00 bits per heavy atom. The van der Waals surface area contributed by atoms with Gasteiger partial charge in [0.15, 0.2) is 0 Å². The van der Waals surface area contributed by atoms with Crippen LogP contribution in [-0.4, -0.2) is 6.54 Å². The van der Waals surface area contributed by atoms with Gasteiger partial charge in [0.05, 0.1) is 0 Å². The molecule has 1 N–H and O–H groups in total. The molecule has 0 amide bonds. The number of rotatable bonds is 6. The van der Waals surface area contributed by atoms with E-state index in [-0.39, 0.29) is 0 Å². The minimum atomic E-state index is 0.462. The monoisotopic (exact) mass is 279 g/mol. The molecule has 21 heavy (non-hydrogen) atoms. The maximum Gasteiger partial charge on any atom is 0.0323 e. The summed E-state index contributed by atoms with van der Waals surface area (Å²) in [6.45, 7) is 3.20. The van der Waals surface area contributed by atoms with E-state index in [1.807, 2.05) is 0 Å². The zero-order chi connectivity index (χ0) is 14.5. The molecule has 0 radical (unpaired) electrons. The summed E-state index contributed by atoms with van der Waals surface area (Å²) in [6.07, 6.45) is 6.21. The summed E-state index contributed by atoms with van der Waals surface area (Å²) in [5, 5.41) is 3.62. The molecule has 0 spiro atoms. The van der Waals surface area contributed by atoms with Crippen molar-refractivity contribution in [1.29, 1.82) is 0 Å². The first kappa shape index (κ1) is 14.3. The molecule has 1 aliphatic rings. The molecule has 0 bridgehead atoms. The van der Waals surface area contributed by atoms with Crippen molar-refractivity contribution in [1.82, 2.24) is 5.32 Å². The van der Waals surface area contributed by atoms with Crippen molar-refractivity contribution in [3.63, 3.8) is 0 Å². The summed E-state index contributed by atoms with van der Waals surface area (Å²) in [6, 6.07) is 18.4. The minimum Gasteiger partial charge on any atom is -0.310 e. The van der Waals surface area contributed by atoms with Crippen LogP contribution in [0, 0.1) is 0 Å². The Hall–Kier alpha value is -1.60. The van der Waals surface area contributed by atoms with Gasteiger partial charge in [-0.2, -0.15) is 0 Å². The zero-order valence-corrected chi connectivity index (χ0v) is 12.9. The summed E-state index contributed by atoms with van der Waals surface area (Å²) in [5.41, 5.74) is 6.06. The molecule has 3 rings (SSSR count). The van der Waals surface area contributed by atoms with Crippen LogP contribution >= 0.6 is 0 Å². The number of nitrogens with one attached hydrogen (secondary N) is 1. The molecule has 1 heteroatoms. The van der Waals surface area contributed by atoms with Gasteiger partial charge in [-0.3, -0.25) is 0 Å². The van der Waals surface area contributed by atoms with Gasteiger partial charge in [-0.15, -0.1) is 0 Å². The lowest BCUT2D eigenvalue weighted by atomic mass is 9.97. The third-order valence-electron chi connectivity index (χ3n) is 4.54. The van der Waals surface area contributed by atoms with Crippen LogP contribution in [0.15, 0.2) is 48.5 Å². The molecule has 0 saturated heterocycles. The first-order valence-electron chi connectivity index (χ1n) is 8.26. The van der Waals surface area contributed by atoms with E-state index in [9.17, 15) is 0 Å². The second kappa shape index (κ2) is 6.91. The Morgan fingerprint density at radius 3 is 2.62 bits per heavy atom. The Kier molecular flexibility index (Phi) is 4.72. The maximum atomic E-state index is 3.62. The third kappa shape index (κ3) is 3.54. The van der Waals surface area contributed by atoms with Crippen LogP contribution in [0.3, 0.4) is 0 Å². The largest absolute Gasteiger partial charge is 0.310 e. The van der Waals surface area contributed by atoms with Crippen molar-refractivity contribution in [2.75, 3.05) is 6.54 Å². The summed E-state index contributed by atoms with van der Waals surface area (Å²) >= 11 is 0. The average Bonchev–Trinajstić information content (AvgIpc) is 3.00. The average molecular weight is 279 g/mol. The normalized spacial score (nSPS) is 14.9. The van der Waals surface area contributed by atoms with Gasteiger partial charge in [0.25, 0.3) is 0 Å². The molecule has 0 aliphatic heterocycles. The predicted octanol–water partition coefficient (Wildman–Crippen LogP) is 4.46. The van der Waals surface area contributed by atoms with Crippen LogP contribution in [0.25, 0.3) is 0 Å². The highest BCUT2D eigenvalue weighted by Crippen LogP contribution is 2.25. The van der Waals surface area contributed by atoms with Gasteiger partial charge in [0.1, 0.15) is 0 Å². The standard InChI is InChI=1S/C20H25N/c1-2-21-20(18-7-4-3-5-8-18)14-12-16-11-13-17-9-6-10-19(17)15-16/h3-5,7-8,11,13,15,20-21H,2,6,9-10,12,14H2,1H3. The topological polar surface area (TPSA) is 12.0 Å². The number of hydrogen-bond donors (Lipinski definition) is 1. The van der Waals surface area contributed by atoms with E-state index in [2.05, 4.69) is 60.8 Å². The summed E-state index contributed by atoms with van der Waals surface area (Å²) in [7, 11) is 0. The molecule has 0 fully saturated rings. The summed E-state index contributed by atoms with van der Waals surface area (Å²) in [5.74, 6) is 0. The highest BCUT2D eigenvalue weighted by Gasteiger charge is 2.13. The van der Waals surface area contributed by atoms with Crippen LogP contribution in [0.4, 0.5) is 0 Å². The van der Waals surface area contributed by atoms with Crippen LogP contribution < -0.4 is 5.32 Å². The quantitative estimate of drug-likeness (QED) is 0.823. The Balaban J connectivity index is 1.67. The molecule has 110 valence electrons. The molecule has 2 aromatic rings. The van der Waals surface area contributed by atoms with Crippen LogP contribution in [0.2, 0.25) is 0 Å². The third-order valence-corrected chi connectivity index (χ3v) is 4.54. The first-order valence-corrected chi connectivity index (χ1v) is 8.26. The van der Waals surface area contributed by atoms with E-state index < -0.39 is 0 Å². The van der Waals surface area contributed by atoms with Crippen LogP contribution in [0.1, 0.15) is 48.1 Å². The second-order valence-corrected chi connectivity index (χ2v) is 6.02. The highest BCUT2D eigenvalue weighted by atomic mass is 14.9. The Labute approximate surface area is 128 Å². The van der Waals surface area contributed by atoms with E-state index in [1.165, 1.54) is 30.4 Å². The van der Waals surface area contributed by atoms with E-state index in [1.54, 1.807) is 11.1 Å². The molecule has 0 saturated carbocycles. The SMILES string of the molecule is CCNC(CCc1ccc2c(c1)CCC2)c1ccccc1. The van der Waals surface area contributed by atoms with Gasteiger partial charge in [0, 0.05) is 6.04 Å². The van der Waals surface area contributed by atoms with Gasteiger partial charge in [-0.1, -0.05) is 55.5 Å². The molecular formula is C20H25N. The van der Waals surface area contributed by atoms with Crippen LogP contribution in [0.5, 0.6) is 0 Å². The Bertz CT molecular complexity index is 574. The van der Waals surface area contributed by atoms with Crippen molar-refractivity contribution < 1.29 is 0 Å². The van der Waals surface area contributed by atoms with Gasteiger partial charge in [-0.25, -0.2) is 0 Å². The fraction of sp³-hybridized carbons (Fsp3) is 0.400. The van der Waals surface area contributed by atoms with Crippen molar-refractivity contribution >= 4 is 0 Å². The number of fused-ring (bicyclic) bond motifs is 1. The van der Waals surface area contributed by atoms with Crippen molar-refractivity contribution in [2.24, 2.45) is 0 Å². The van der Waals surface area contributed by atoms with E-state index >= 15 is 0 Å². The van der Waals surface area contributed by atoms with E-state index in [4.69, 9.17) is 0 Å². The number of aryl methyl sites for hydroxylation is 3. The molecule has 1 atom stereocenters. The summed E-state index contributed by atoms with van der Waals surface area (Å²) in [4.78, 5) is 0. The van der Waals surface area contributed by atoms with Crippen molar-refractivity contribution in [3.05, 3.63) is 70.8 Å². The molecule has 0 aromatic heterocycles. The fourth-order valence-electron chi connectivity index (χ4n) is 3.41. The molecule has 1 aliphatic carbocycles. The number of hydrogen-bond acceptors (Lipinski definition) is 1. The molecule has 1 unspecified atom stereocenters. The fourth-order valence-corrected chi connectivity index (χ4v) is 3.41. The van der Waals surface area contributed by atoms with E-state index in [0.717, 1.165) is 19.4 Å². The lowest BCUT2D eigenvalue weighted by Gasteiger charge is -2.18. The minimum absolute atomic E-state index is 0.462. The molecule has 0 heterocycles. The molecular weight excluding hydrogens is 254 g/mol. The smallest absolute Gasteiger partial charge is 0.0323 e. The van der Waals surface area contributed by atoms with Gasteiger partial charge < -0.3 is 5.32 Å². The highest BCUT2D eigenvalue weighted by molar-refractivity contribution is 5.35. The summed E-state index contributed by atoms with van der Waals surface area (Å²) < 4.78 is 0. The first-order chi connectivity index (χ1) is 10.4. The van der Waals surface area contributed by atoms with Crippen molar-refractivity contribution in [3.8, 4) is 0 Å². The van der Waals surface area contributed by atoms with Gasteiger partial charge in [-0.05, 0) is 60.9 Å². The van der Waals surface area contributed by atoms with Crippen LogP contribution in [-0.2, 0) is 19.3 Å². The zero-order valence-electron chi connectivity index (χ0n) is 12.9. The van der Waals surface area contributed by atoms with Gasteiger partial charge >= 0.3 is 0 Å². The lowest BCUT2D eigenvalue weighted by molar-refractivity contribution is 0.515. The predicted molar refractivity (Wildman–Crippen MR) is 89.6 cm³/mol. The van der Waals surface area contributed by atoms with E-state index in [0.29, 0.717) is 6.04 Å². The molecule has 2 aromatic carbocycles.